The summed E-state index contributed by atoms with van der Waals surface area (Å²) < 4.78 is 7.41. The van der Waals surface area contributed by atoms with E-state index in [1.165, 1.54) is 5.56 Å². The summed E-state index contributed by atoms with van der Waals surface area (Å²) in [5, 5.41) is 8.10. The van der Waals surface area contributed by atoms with E-state index >= 15 is 0 Å². The van der Waals surface area contributed by atoms with Gasteiger partial charge in [0.15, 0.2) is 0 Å². The molecule has 9 heteroatoms. The molecule has 5 rings (SSSR count). The number of imide groups is 1. The monoisotopic (exact) mass is 509 g/mol. The minimum Gasteiger partial charge on any atom is -0.444 e. The van der Waals surface area contributed by atoms with Crippen molar-refractivity contribution in [2.75, 3.05) is 26.2 Å². The maximum atomic E-state index is 12.4. The molecule has 0 bridgehead atoms. The molecule has 0 radical (unpaired) electrons. The number of fused-ring (bicyclic) bond motifs is 1. The summed E-state index contributed by atoms with van der Waals surface area (Å²) in [6.45, 7) is 10.3. The fourth-order valence-electron chi connectivity index (χ4n) is 6.07. The van der Waals surface area contributed by atoms with Crippen LogP contribution in [0.5, 0.6) is 0 Å². The average Bonchev–Trinajstić information content (AvgIpc) is 3.16. The smallest absolute Gasteiger partial charge is 0.410 e. The first kappa shape index (κ1) is 25.7. The fraction of sp³-hybridized carbons (Fsp3) is 0.643. The highest BCUT2D eigenvalue weighted by molar-refractivity contribution is 6.02. The lowest BCUT2D eigenvalue weighted by atomic mass is 9.71. The van der Waals surface area contributed by atoms with E-state index in [1.807, 2.05) is 37.4 Å². The van der Waals surface area contributed by atoms with Gasteiger partial charge in [0.2, 0.25) is 11.8 Å². The number of benzene rings is 1. The van der Waals surface area contributed by atoms with Gasteiger partial charge in [-0.2, -0.15) is 5.10 Å². The van der Waals surface area contributed by atoms with Gasteiger partial charge in [-0.15, -0.1) is 0 Å². The normalized spacial score (nSPS) is 22.9. The summed E-state index contributed by atoms with van der Waals surface area (Å²) in [6.07, 6.45) is 5.07. The Kier molecular flexibility index (Phi) is 6.77. The van der Waals surface area contributed by atoms with E-state index in [9.17, 15) is 14.4 Å². The standard InChI is InChI=1S/C28H39N5O4/c1-27(2,3)37-26(36)33-15-11-28(12-16-33)9-13-32(14-10-28)18-19-5-6-20-22(17-19)31(4)30-24(20)21-7-8-23(34)29-25(21)35/h5-6,17,21H,7-16,18H2,1-4H3,(H,29,34,35). The number of aryl methyl sites for hydroxylation is 1. The Morgan fingerprint density at radius 2 is 1.78 bits per heavy atom. The van der Waals surface area contributed by atoms with Crippen LogP contribution >= 0.6 is 0 Å². The molecule has 0 saturated carbocycles. The summed E-state index contributed by atoms with van der Waals surface area (Å²) in [6, 6.07) is 6.40. The maximum absolute atomic E-state index is 12.4. The van der Waals surface area contributed by atoms with Gasteiger partial charge in [-0.25, -0.2) is 4.79 Å². The molecule has 200 valence electrons. The van der Waals surface area contributed by atoms with Crippen LogP contribution in [0.1, 0.15) is 76.5 Å². The molecule has 3 fully saturated rings. The molecule has 1 aromatic heterocycles. The molecule has 3 amide bonds. The zero-order valence-corrected chi connectivity index (χ0v) is 22.5. The molecule has 4 heterocycles. The summed E-state index contributed by atoms with van der Waals surface area (Å²) in [5.41, 5.74) is 2.88. The van der Waals surface area contributed by atoms with Gasteiger partial charge in [0, 0.05) is 38.5 Å². The molecule has 37 heavy (non-hydrogen) atoms. The van der Waals surface area contributed by atoms with Crippen LogP contribution < -0.4 is 5.32 Å². The van der Waals surface area contributed by atoms with Crippen LogP contribution in [0.3, 0.4) is 0 Å². The molecule has 1 aromatic carbocycles. The van der Waals surface area contributed by atoms with Crippen molar-refractivity contribution >= 4 is 28.8 Å². The lowest BCUT2D eigenvalue weighted by Crippen LogP contribution is -2.49. The molecular weight excluding hydrogens is 470 g/mol. The molecule has 0 aliphatic carbocycles. The van der Waals surface area contributed by atoms with Crippen molar-refractivity contribution in [2.45, 2.75) is 77.4 Å². The van der Waals surface area contributed by atoms with Gasteiger partial charge in [-0.05, 0) is 83.0 Å². The van der Waals surface area contributed by atoms with Crippen molar-refractivity contribution in [2.24, 2.45) is 12.5 Å². The Labute approximate surface area is 218 Å². The number of carbonyl (C=O) groups is 3. The number of piperidine rings is 3. The number of amides is 3. The van der Waals surface area contributed by atoms with E-state index in [0.29, 0.717) is 18.3 Å². The van der Waals surface area contributed by atoms with Gasteiger partial charge in [-0.1, -0.05) is 12.1 Å². The van der Waals surface area contributed by atoms with Gasteiger partial charge in [0.25, 0.3) is 0 Å². The Hall–Kier alpha value is -2.94. The Bertz CT molecular complexity index is 1200. The minimum atomic E-state index is -0.456. The number of nitrogens with zero attached hydrogens (tertiary/aromatic N) is 4. The first-order valence-corrected chi connectivity index (χ1v) is 13.5. The highest BCUT2D eigenvalue weighted by Gasteiger charge is 2.39. The number of hydrogen-bond donors (Lipinski definition) is 1. The van der Waals surface area contributed by atoms with Crippen molar-refractivity contribution < 1.29 is 19.1 Å². The van der Waals surface area contributed by atoms with Crippen molar-refractivity contribution in [3.8, 4) is 0 Å². The molecule has 3 saturated heterocycles. The number of ether oxygens (including phenoxy) is 1. The summed E-state index contributed by atoms with van der Waals surface area (Å²) in [7, 11) is 1.91. The van der Waals surface area contributed by atoms with Crippen molar-refractivity contribution in [3.63, 3.8) is 0 Å². The Morgan fingerprint density at radius 1 is 1.11 bits per heavy atom. The molecular formula is C28H39N5O4. The van der Waals surface area contributed by atoms with E-state index in [4.69, 9.17) is 4.74 Å². The summed E-state index contributed by atoms with van der Waals surface area (Å²) in [4.78, 5) is 40.8. The number of hydrogen-bond acceptors (Lipinski definition) is 6. The van der Waals surface area contributed by atoms with Crippen LogP contribution in [0.4, 0.5) is 4.79 Å². The van der Waals surface area contributed by atoms with Crippen LogP contribution in [0.25, 0.3) is 10.9 Å². The summed E-state index contributed by atoms with van der Waals surface area (Å²) >= 11 is 0. The van der Waals surface area contributed by atoms with E-state index in [0.717, 1.165) is 75.0 Å². The third kappa shape index (κ3) is 5.51. The molecule has 1 N–H and O–H groups in total. The minimum absolute atomic E-state index is 0.189. The molecule has 2 aromatic rings. The third-order valence-corrected chi connectivity index (χ3v) is 8.31. The molecule has 1 spiro atoms. The second-order valence-corrected chi connectivity index (χ2v) is 12.1. The van der Waals surface area contributed by atoms with Crippen molar-refractivity contribution in [3.05, 3.63) is 29.5 Å². The van der Waals surface area contributed by atoms with Crippen LogP contribution in [0.2, 0.25) is 0 Å². The van der Waals surface area contributed by atoms with Gasteiger partial charge < -0.3 is 9.64 Å². The van der Waals surface area contributed by atoms with E-state index in [2.05, 4.69) is 33.5 Å². The third-order valence-electron chi connectivity index (χ3n) is 8.31. The predicted octanol–water partition coefficient (Wildman–Crippen LogP) is 3.71. The van der Waals surface area contributed by atoms with Crippen LogP contribution in [0, 0.1) is 5.41 Å². The number of rotatable bonds is 3. The predicted molar refractivity (Wildman–Crippen MR) is 140 cm³/mol. The Balaban J connectivity index is 1.18. The quantitative estimate of drug-likeness (QED) is 0.634. The van der Waals surface area contributed by atoms with Gasteiger partial charge in [-0.3, -0.25) is 24.5 Å². The largest absolute Gasteiger partial charge is 0.444 e. The highest BCUT2D eigenvalue weighted by atomic mass is 16.6. The van der Waals surface area contributed by atoms with Crippen molar-refractivity contribution in [1.29, 1.82) is 0 Å². The molecule has 3 aliphatic heterocycles. The SMILES string of the molecule is Cn1nc(C2CCC(=O)NC2=O)c2ccc(CN3CCC4(CC3)CCN(C(=O)OC(C)(C)C)CC4)cc21. The lowest BCUT2D eigenvalue weighted by Gasteiger charge is -2.46. The average molecular weight is 510 g/mol. The molecule has 1 unspecified atom stereocenters. The number of aromatic nitrogens is 2. The molecule has 3 aliphatic rings. The topological polar surface area (TPSA) is 96.8 Å². The number of likely N-dealkylation sites (tertiary alicyclic amines) is 2. The maximum Gasteiger partial charge on any atom is 0.410 e. The molecule has 1 atom stereocenters. The fourth-order valence-corrected chi connectivity index (χ4v) is 6.07. The zero-order valence-electron chi connectivity index (χ0n) is 22.5. The highest BCUT2D eigenvalue weighted by Crippen LogP contribution is 2.42. The lowest BCUT2D eigenvalue weighted by molar-refractivity contribution is -0.134. The van der Waals surface area contributed by atoms with E-state index in [1.54, 1.807) is 0 Å². The second-order valence-electron chi connectivity index (χ2n) is 12.1. The van der Waals surface area contributed by atoms with Crippen LogP contribution in [-0.4, -0.2) is 69.3 Å². The molecule has 9 nitrogen and oxygen atoms in total. The van der Waals surface area contributed by atoms with E-state index in [-0.39, 0.29) is 23.8 Å². The van der Waals surface area contributed by atoms with Gasteiger partial charge in [0.05, 0.1) is 17.1 Å². The van der Waals surface area contributed by atoms with Crippen molar-refractivity contribution in [1.82, 2.24) is 24.9 Å². The first-order valence-electron chi connectivity index (χ1n) is 13.5. The number of nitrogens with one attached hydrogen (secondary N) is 1. The summed E-state index contributed by atoms with van der Waals surface area (Å²) in [5.74, 6) is -0.840. The number of carbonyl (C=O) groups excluding carboxylic acids is 3. The Morgan fingerprint density at radius 3 is 2.43 bits per heavy atom. The van der Waals surface area contributed by atoms with Gasteiger partial charge in [0.1, 0.15) is 5.60 Å². The van der Waals surface area contributed by atoms with Gasteiger partial charge >= 0.3 is 6.09 Å². The zero-order chi connectivity index (χ0) is 26.4. The van der Waals surface area contributed by atoms with Crippen LogP contribution in [-0.2, 0) is 27.9 Å². The van der Waals surface area contributed by atoms with E-state index < -0.39 is 5.60 Å². The van der Waals surface area contributed by atoms with Crippen LogP contribution in [0.15, 0.2) is 18.2 Å². The second kappa shape index (κ2) is 9.74. The first-order chi connectivity index (χ1) is 17.5.